The van der Waals surface area contributed by atoms with E-state index in [1.165, 1.54) is 10.4 Å². The molecule has 162 valence electrons. The van der Waals surface area contributed by atoms with Crippen molar-refractivity contribution in [1.82, 2.24) is 9.62 Å². The molecule has 0 bridgehead atoms. The topological polar surface area (TPSA) is 75.7 Å². The molecule has 0 spiro atoms. The van der Waals surface area contributed by atoms with Crippen molar-refractivity contribution < 1.29 is 17.9 Å². The molecule has 1 aliphatic heterocycles. The largest absolute Gasteiger partial charge is 0.491 e. The van der Waals surface area contributed by atoms with E-state index in [4.69, 9.17) is 4.74 Å². The second kappa shape index (κ2) is 9.62. The van der Waals surface area contributed by atoms with Gasteiger partial charge in [-0.2, -0.15) is 4.31 Å². The van der Waals surface area contributed by atoms with E-state index in [2.05, 4.69) is 5.32 Å². The maximum absolute atomic E-state index is 13.0. The van der Waals surface area contributed by atoms with E-state index in [0.29, 0.717) is 25.3 Å². The van der Waals surface area contributed by atoms with Crippen LogP contribution in [0, 0.1) is 13.8 Å². The number of hydrogen-bond donors (Lipinski definition) is 1. The fraction of sp³-hybridized carbons (Fsp3) is 0.435. The molecule has 0 radical (unpaired) electrons. The van der Waals surface area contributed by atoms with E-state index < -0.39 is 10.0 Å². The molecule has 3 rings (SSSR count). The summed E-state index contributed by atoms with van der Waals surface area (Å²) < 4.78 is 33.2. The number of nitrogens with zero attached hydrogens (tertiary/aromatic N) is 1. The summed E-state index contributed by atoms with van der Waals surface area (Å²) >= 11 is 0. The van der Waals surface area contributed by atoms with Crippen molar-refractivity contribution in [2.45, 2.75) is 51.0 Å². The first-order valence-electron chi connectivity index (χ1n) is 10.4. The van der Waals surface area contributed by atoms with Crippen LogP contribution < -0.4 is 10.1 Å². The molecule has 0 saturated carbocycles. The van der Waals surface area contributed by atoms with Crippen LogP contribution >= 0.6 is 0 Å². The summed E-state index contributed by atoms with van der Waals surface area (Å²) in [7, 11) is -3.59. The average Bonchev–Trinajstić information content (AvgIpc) is 2.74. The zero-order valence-corrected chi connectivity index (χ0v) is 18.7. The van der Waals surface area contributed by atoms with Gasteiger partial charge < -0.3 is 10.1 Å². The highest BCUT2D eigenvalue weighted by Crippen LogP contribution is 2.23. The number of carbonyl (C=O) groups excluding carboxylic acids is 1. The van der Waals surface area contributed by atoms with Gasteiger partial charge in [0.25, 0.3) is 5.91 Å². The predicted octanol–water partition coefficient (Wildman–Crippen LogP) is 3.68. The van der Waals surface area contributed by atoms with Crippen LogP contribution in [0.3, 0.4) is 0 Å². The van der Waals surface area contributed by atoms with Crippen molar-refractivity contribution >= 4 is 15.9 Å². The number of ether oxygens (including phenoxy) is 1. The lowest BCUT2D eigenvalue weighted by Crippen LogP contribution is -2.38. The third kappa shape index (κ3) is 5.21. The minimum absolute atomic E-state index is 0.170. The highest BCUT2D eigenvalue weighted by molar-refractivity contribution is 7.89. The molecule has 1 atom stereocenters. The molecule has 0 aromatic heterocycles. The summed E-state index contributed by atoms with van der Waals surface area (Å²) in [5, 5.41) is 2.91. The van der Waals surface area contributed by atoms with Gasteiger partial charge in [0.05, 0.1) is 10.9 Å². The Morgan fingerprint density at radius 1 is 1.07 bits per heavy atom. The third-order valence-corrected chi connectivity index (χ3v) is 7.26. The normalized spacial score (nSPS) is 16.1. The Balaban J connectivity index is 1.69. The van der Waals surface area contributed by atoms with E-state index in [0.717, 1.165) is 36.1 Å². The van der Waals surface area contributed by atoms with Crippen LogP contribution in [-0.2, 0) is 10.0 Å². The monoisotopic (exact) mass is 430 g/mol. The molecule has 6 nitrogen and oxygen atoms in total. The summed E-state index contributed by atoms with van der Waals surface area (Å²) in [6, 6.07) is 12.2. The molecule has 1 aliphatic rings. The van der Waals surface area contributed by atoms with Gasteiger partial charge >= 0.3 is 0 Å². The van der Waals surface area contributed by atoms with Crippen LogP contribution in [0.2, 0.25) is 0 Å². The molecule has 7 heteroatoms. The maximum Gasteiger partial charge on any atom is 0.251 e. The summed E-state index contributed by atoms with van der Waals surface area (Å²) in [6.07, 6.45) is 2.80. The number of carbonyl (C=O) groups is 1. The molecule has 1 saturated heterocycles. The van der Waals surface area contributed by atoms with Gasteiger partial charge in [0, 0.05) is 18.7 Å². The van der Waals surface area contributed by atoms with Crippen LogP contribution in [0.4, 0.5) is 0 Å². The molecule has 1 fully saturated rings. The summed E-state index contributed by atoms with van der Waals surface area (Å²) in [6.45, 7) is 7.02. The van der Waals surface area contributed by atoms with Crippen LogP contribution in [0.25, 0.3) is 0 Å². The molecule has 1 amide bonds. The molecule has 30 heavy (non-hydrogen) atoms. The van der Waals surface area contributed by atoms with E-state index >= 15 is 0 Å². The van der Waals surface area contributed by atoms with Gasteiger partial charge in [-0.05, 0) is 62.9 Å². The Hall–Kier alpha value is -2.38. The lowest BCUT2D eigenvalue weighted by Gasteiger charge is -2.26. The fourth-order valence-corrected chi connectivity index (χ4v) is 5.08. The predicted molar refractivity (Wildman–Crippen MR) is 117 cm³/mol. The van der Waals surface area contributed by atoms with Gasteiger partial charge in [-0.25, -0.2) is 8.42 Å². The fourth-order valence-electron chi connectivity index (χ4n) is 3.54. The number of rotatable bonds is 7. The van der Waals surface area contributed by atoms with Crippen molar-refractivity contribution in [2.24, 2.45) is 0 Å². The number of aryl methyl sites for hydroxylation is 2. The number of nitrogens with one attached hydrogen (secondary N) is 1. The number of piperidine rings is 1. The van der Waals surface area contributed by atoms with Crippen molar-refractivity contribution in [2.75, 3.05) is 19.7 Å². The second-order valence-electron chi connectivity index (χ2n) is 7.89. The first-order chi connectivity index (χ1) is 14.3. The minimum atomic E-state index is -3.59. The Morgan fingerprint density at radius 3 is 2.47 bits per heavy atom. The van der Waals surface area contributed by atoms with Gasteiger partial charge in [0.1, 0.15) is 12.4 Å². The van der Waals surface area contributed by atoms with Crippen LogP contribution in [-0.4, -0.2) is 44.4 Å². The van der Waals surface area contributed by atoms with E-state index in [9.17, 15) is 13.2 Å². The number of amides is 1. The van der Waals surface area contributed by atoms with Gasteiger partial charge in [0.2, 0.25) is 10.0 Å². The first kappa shape index (κ1) is 22.3. The highest BCUT2D eigenvalue weighted by Gasteiger charge is 2.27. The second-order valence-corrected chi connectivity index (χ2v) is 9.83. The number of hydrogen-bond acceptors (Lipinski definition) is 4. The highest BCUT2D eigenvalue weighted by atomic mass is 32.2. The first-order valence-corrected chi connectivity index (χ1v) is 11.8. The Kier molecular flexibility index (Phi) is 7.15. The Bertz CT molecular complexity index is 998. The molecule has 1 heterocycles. The summed E-state index contributed by atoms with van der Waals surface area (Å²) in [4.78, 5) is 13.0. The SMILES string of the molecule is Cc1ccccc1OC[C@H](C)NC(=O)c1cc(S(=O)(=O)N2CCCCC2)ccc1C. The van der Waals surface area contributed by atoms with Crippen molar-refractivity contribution in [3.05, 3.63) is 59.2 Å². The van der Waals surface area contributed by atoms with Gasteiger partial charge in [-0.15, -0.1) is 0 Å². The molecule has 2 aromatic carbocycles. The van der Waals surface area contributed by atoms with Gasteiger partial charge in [-0.3, -0.25) is 4.79 Å². The summed E-state index contributed by atoms with van der Waals surface area (Å²) in [5.41, 5.74) is 2.13. The lowest BCUT2D eigenvalue weighted by atomic mass is 10.1. The zero-order chi connectivity index (χ0) is 21.7. The quantitative estimate of drug-likeness (QED) is 0.727. The number of para-hydroxylation sites is 1. The van der Waals surface area contributed by atoms with Crippen molar-refractivity contribution in [3.63, 3.8) is 0 Å². The Labute approximate surface area is 179 Å². The van der Waals surface area contributed by atoms with Crippen LogP contribution in [0.1, 0.15) is 47.7 Å². The van der Waals surface area contributed by atoms with Crippen LogP contribution in [0.5, 0.6) is 5.75 Å². The van der Waals surface area contributed by atoms with E-state index in [1.54, 1.807) is 19.1 Å². The molecular formula is C23H30N2O4S. The minimum Gasteiger partial charge on any atom is -0.491 e. The number of benzene rings is 2. The zero-order valence-electron chi connectivity index (χ0n) is 17.8. The third-order valence-electron chi connectivity index (χ3n) is 5.37. The lowest BCUT2D eigenvalue weighted by molar-refractivity contribution is 0.0925. The smallest absolute Gasteiger partial charge is 0.251 e. The average molecular weight is 431 g/mol. The van der Waals surface area contributed by atoms with Crippen molar-refractivity contribution in [1.29, 1.82) is 0 Å². The number of sulfonamides is 1. The maximum atomic E-state index is 13.0. The molecule has 2 aromatic rings. The molecular weight excluding hydrogens is 400 g/mol. The van der Waals surface area contributed by atoms with Crippen LogP contribution in [0.15, 0.2) is 47.4 Å². The van der Waals surface area contributed by atoms with Crippen molar-refractivity contribution in [3.8, 4) is 5.75 Å². The Morgan fingerprint density at radius 2 is 1.77 bits per heavy atom. The summed E-state index contributed by atoms with van der Waals surface area (Å²) in [5.74, 6) is 0.480. The standard InChI is InChI=1S/C23H30N2O4S/c1-17-11-12-20(30(27,28)25-13-7-4-8-14-25)15-21(17)23(26)24-19(3)16-29-22-10-6-5-9-18(22)2/h5-6,9-12,15,19H,4,7-8,13-14,16H2,1-3H3,(H,24,26)/t19-/m0/s1. The van der Waals surface area contributed by atoms with Gasteiger partial charge in [-0.1, -0.05) is 30.7 Å². The van der Waals surface area contributed by atoms with E-state index in [-0.39, 0.29) is 16.8 Å². The van der Waals surface area contributed by atoms with Gasteiger partial charge in [0.15, 0.2) is 0 Å². The molecule has 0 unspecified atom stereocenters. The molecule has 1 N–H and O–H groups in total. The van der Waals surface area contributed by atoms with E-state index in [1.807, 2.05) is 38.1 Å². The molecule has 0 aliphatic carbocycles.